The van der Waals surface area contributed by atoms with E-state index in [2.05, 4.69) is 10.2 Å². The molecule has 0 bridgehead atoms. The highest BCUT2D eigenvalue weighted by Crippen LogP contribution is 2.12. The number of carbonyl (C=O) groups is 2. The zero-order chi connectivity index (χ0) is 17.8. The van der Waals surface area contributed by atoms with Crippen molar-refractivity contribution in [2.45, 2.75) is 6.92 Å². The van der Waals surface area contributed by atoms with Crippen LogP contribution in [0.3, 0.4) is 0 Å². The largest absolute Gasteiger partial charge is 0.452 e. The summed E-state index contributed by atoms with van der Waals surface area (Å²) in [7, 11) is 0. The predicted octanol–water partition coefficient (Wildman–Crippen LogP) is 3.27. The Hall–Kier alpha value is -2.99. The first-order valence-corrected chi connectivity index (χ1v) is 7.87. The second-order valence-corrected chi connectivity index (χ2v) is 5.70. The molecule has 0 atom stereocenters. The Balaban J connectivity index is 1.68. The number of carbonyl (C=O) groups excluding carboxylic acids is 2. The van der Waals surface area contributed by atoms with Crippen LogP contribution in [0.25, 0.3) is 5.69 Å². The molecule has 7 heteroatoms. The van der Waals surface area contributed by atoms with Crippen LogP contribution in [0.2, 0.25) is 5.02 Å². The lowest BCUT2D eigenvalue weighted by atomic mass is 10.1. The van der Waals surface area contributed by atoms with E-state index in [0.717, 1.165) is 5.69 Å². The number of hydrogen-bond donors (Lipinski definition) is 0. The second-order valence-electron chi connectivity index (χ2n) is 5.27. The van der Waals surface area contributed by atoms with Crippen molar-refractivity contribution in [2.75, 3.05) is 6.61 Å². The summed E-state index contributed by atoms with van der Waals surface area (Å²) in [6.07, 6.45) is 0. The maximum absolute atomic E-state index is 12.2. The van der Waals surface area contributed by atoms with Crippen LogP contribution < -0.4 is 0 Å². The number of aromatic nitrogens is 3. The van der Waals surface area contributed by atoms with Gasteiger partial charge in [-0.3, -0.25) is 4.79 Å². The molecule has 2 aromatic carbocycles. The fourth-order valence-electron chi connectivity index (χ4n) is 2.16. The highest BCUT2D eigenvalue weighted by molar-refractivity contribution is 6.30. The van der Waals surface area contributed by atoms with Gasteiger partial charge in [0, 0.05) is 10.6 Å². The maximum atomic E-state index is 12.2. The molecule has 0 fully saturated rings. The SMILES string of the molecule is Cc1nn(-c2ccccc2)nc1C(=O)OCC(=O)c1ccc(Cl)cc1. The Morgan fingerprint density at radius 1 is 1.04 bits per heavy atom. The van der Waals surface area contributed by atoms with E-state index < -0.39 is 5.97 Å². The molecule has 1 heterocycles. The lowest BCUT2D eigenvalue weighted by Crippen LogP contribution is -2.15. The van der Waals surface area contributed by atoms with Crippen molar-refractivity contribution in [1.82, 2.24) is 15.0 Å². The molecule has 0 saturated carbocycles. The number of para-hydroxylation sites is 1. The number of aryl methyl sites for hydroxylation is 1. The molecule has 1 aromatic heterocycles. The third-order valence-electron chi connectivity index (χ3n) is 3.46. The fourth-order valence-corrected chi connectivity index (χ4v) is 2.29. The van der Waals surface area contributed by atoms with Gasteiger partial charge >= 0.3 is 5.97 Å². The van der Waals surface area contributed by atoms with E-state index in [4.69, 9.17) is 16.3 Å². The van der Waals surface area contributed by atoms with Gasteiger partial charge in [-0.25, -0.2) is 4.79 Å². The summed E-state index contributed by atoms with van der Waals surface area (Å²) in [6, 6.07) is 15.6. The minimum atomic E-state index is -0.693. The number of rotatable bonds is 5. The number of hydrogen-bond acceptors (Lipinski definition) is 5. The lowest BCUT2D eigenvalue weighted by molar-refractivity contribution is 0.0467. The van der Waals surface area contributed by atoms with Gasteiger partial charge in [0.15, 0.2) is 18.1 Å². The molecular weight excluding hydrogens is 342 g/mol. The van der Waals surface area contributed by atoms with E-state index in [0.29, 0.717) is 16.3 Å². The van der Waals surface area contributed by atoms with Crippen LogP contribution in [0.5, 0.6) is 0 Å². The van der Waals surface area contributed by atoms with Gasteiger partial charge in [0.2, 0.25) is 0 Å². The average molecular weight is 356 g/mol. The van der Waals surface area contributed by atoms with Crippen molar-refractivity contribution >= 4 is 23.4 Å². The highest BCUT2D eigenvalue weighted by Gasteiger charge is 2.19. The van der Waals surface area contributed by atoms with Crippen molar-refractivity contribution in [3.63, 3.8) is 0 Å². The molecule has 0 spiro atoms. The van der Waals surface area contributed by atoms with Gasteiger partial charge in [-0.2, -0.15) is 9.90 Å². The van der Waals surface area contributed by atoms with E-state index in [9.17, 15) is 9.59 Å². The zero-order valence-electron chi connectivity index (χ0n) is 13.3. The van der Waals surface area contributed by atoms with Crippen LogP contribution >= 0.6 is 11.6 Å². The number of esters is 1. The molecule has 25 heavy (non-hydrogen) atoms. The summed E-state index contributed by atoms with van der Waals surface area (Å²) < 4.78 is 5.07. The predicted molar refractivity (Wildman–Crippen MR) is 92.2 cm³/mol. The summed E-state index contributed by atoms with van der Waals surface area (Å²) in [5.41, 5.74) is 1.64. The third-order valence-corrected chi connectivity index (χ3v) is 3.72. The van der Waals surface area contributed by atoms with Crippen molar-refractivity contribution in [3.8, 4) is 5.69 Å². The number of Topliss-reactive ketones (excluding diaryl/α,β-unsaturated/α-hetero) is 1. The van der Waals surface area contributed by atoms with Gasteiger partial charge in [0.05, 0.1) is 11.4 Å². The topological polar surface area (TPSA) is 74.1 Å². The number of nitrogens with zero attached hydrogens (tertiary/aromatic N) is 3. The van der Waals surface area contributed by atoms with Crippen LogP contribution in [0.4, 0.5) is 0 Å². The van der Waals surface area contributed by atoms with Crippen LogP contribution in [-0.2, 0) is 4.74 Å². The van der Waals surface area contributed by atoms with Crippen molar-refractivity contribution in [1.29, 1.82) is 0 Å². The summed E-state index contributed by atoms with van der Waals surface area (Å²) in [6.45, 7) is 1.28. The fraction of sp³-hybridized carbons (Fsp3) is 0.111. The Bertz CT molecular complexity index is 905. The maximum Gasteiger partial charge on any atom is 0.361 e. The smallest absolute Gasteiger partial charge is 0.361 e. The van der Waals surface area contributed by atoms with E-state index in [1.165, 1.54) is 4.80 Å². The Labute approximate surface area is 149 Å². The van der Waals surface area contributed by atoms with Crippen LogP contribution in [0, 0.1) is 6.92 Å². The van der Waals surface area contributed by atoms with Crippen LogP contribution in [0.15, 0.2) is 54.6 Å². The minimum Gasteiger partial charge on any atom is -0.452 e. The molecule has 0 aliphatic rings. The van der Waals surface area contributed by atoms with Crippen molar-refractivity contribution in [2.24, 2.45) is 0 Å². The van der Waals surface area contributed by atoms with Crippen molar-refractivity contribution in [3.05, 3.63) is 76.6 Å². The third kappa shape index (κ3) is 3.92. The second kappa shape index (κ2) is 7.27. The van der Waals surface area contributed by atoms with Gasteiger partial charge in [0.25, 0.3) is 0 Å². The van der Waals surface area contributed by atoms with E-state index >= 15 is 0 Å². The van der Waals surface area contributed by atoms with Gasteiger partial charge in [-0.15, -0.1) is 5.10 Å². The van der Waals surface area contributed by atoms with Crippen LogP contribution in [-0.4, -0.2) is 33.4 Å². The molecule has 0 saturated heterocycles. The Kier molecular flexibility index (Phi) is 4.90. The molecule has 6 nitrogen and oxygen atoms in total. The number of ketones is 1. The standard InChI is InChI=1S/C18H14ClN3O3/c1-12-17(21-22(20-12)15-5-3-2-4-6-15)18(24)25-11-16(23)13-7-9-14(19)10-8-13/h2-10H,11H2,1H3. The normalized spacial score (nSPS) is 10.5. The number of benzene rings is 2. The first-order chi connectivity index (χ1) is 12.0. The van der Waals surface area contributed by atoms with Gasteiger partial charge in [-0.1, -0.05) is 29.8 Å². The summed E-state index contributed by atoms with van der Waals surface area (Å²) in [5, 5.41) is 8.88. The summed E-state index contributed by atoms with van der Waals surface area (Å²) in [4.78, 5) is 25.6. The Morgan fingerprint density at radius 2 is 1.72 bits per heavy atom. The summed E-state index contributed by atoms with van der Waals surface area (Å²) >= 11 is 5.78. The number of ether oxygens (including phenoxy) is 1. The molecule has 3 aromatic rings. The molecule has 0 amide bonds. The van der Waals surface area contributed by atoms with Crippen LogP contribution in [0.1, 0.15) is 26.5 Å². The molecule has 0 radical (unpaired) electrons. The van der Waals surface area contributed by atoms with Gasteiger partial charge in [0.1, 0.15) is 0 Å². The molecule has 0 aliphatic carbocycles. The average Bonchev–Trinajstić information content (AvgIpc) is 3.02. The first-order valence-electron chi connectivity index (χ1n) is 7.50. The minimum absolute atomic E-state index is 0.0766. The molecular formula is C18H14ClN3O3. The molecule has 3 rings (SSSR count). The molecule has 126 valence electrons. The van der Waals surface area contributed by atoms with Gasteiger partial charge < -0.3 is 4.74 Å². The van der Waals surface area contributed by atoms with E-state index in [1.807, 2.05) is 30.3 Å². The zero-order valence-corrected chi connectivity index (χ0v) is 14.1. The lowest BCUT2D eigenvalue weighted by Gasteiger charge is -2.03. The highest BCUT2D eigenvalue weighted by atomic mass is 35.5. The van der Waals surface area contributed by atoms with E-state index in [-0.39, 0.29) is 18.1 Å². The van der Waals surface area contributed by atoms with E-state index in [1.54, 1.807) is 31.2 Å². The molecule has 0 aliphatic heterocycles. The van der Waals surface area contributed by atoms with Crippen molar-refractivity contribution < 1.29 is 14.3 Å². The first kappa shape index (κ1) is 16.9. The molecule has 0 N–H and O–H groups in total. The quantitative estimate of drug-likeness (QED) is 0.518. The number of halogens is 1. The summed E-state index contributed by atoms with van der Waals surface area (Å²) in [5.74, 6) is -1.01. The van der Waals surface area contributed by atoms with Gasteiger partial charge in [-0.05, 0) is 43.3 Å². The molecule has 0 unspecified atom stereocenters. The monoisotopic (exact) mass is 355 g/mol. The Morgan fingerprint density at radius 3 is 2.40 bits per heavy atom.